The zero-order valence-electron chi connectivity index (χ0n) is 6.14. The van der Waals surface area contributed by atoms with E-state index in [1.54, 1.807) is 4.98 Å². The zero-order valence-corrected chi connectivity index (χ0v) is 6.14. The maximum absolute atomic E-state index is 12.0. The van der Waals surface area contributed by atoms with E-state index < -0.39 is 17.3 Å². The van der Waals surface area contributed by atoms with E-state index in [-0.39, 0.29) is 5.69 Å². The van der Waals surface area contributed by atoms with E-state index in [0.29, 0.717) is 6.07 Å². The van der Waals surface area contributed by atoms with Crippen LogP contribution in [0.15, 0.2) is 16.9 Å². The Bertz CT molecular complexity index is 413. The molecule has 68 valence electrons. The number of nitrogens with zero attached hydrogens (tertiary/aromatic N) is 1. The first-order chi connectivity index (χ1) is 5.95. The third kappa shape index (κ3) is 1.87. The molecule has 1 aromatic rings. The molecule has 0 aliphatic heterocycles. The minimum Gasteiger partial charge on any atom is -0.313 e. The van der Waals surface area contributed by atoms with Crippen molar-refractivity contribution in [3.8, 4) is 6.07 Å². The quantitative estimate of drug-likeness (QED) is 0.666. The number of nitriles is 1. The van der Waals surface area contributed by atoms with Crippen LogP contribution >= 0.6 is 0 Å². The predicted octanol–water partition coefficient (Wildman–Crippen LogP) is 1.27. The molecule has 3 nitrogen and oxygen atoms in total. The molecule has 0 bridgehead atoms. The Morgan fingerprint density at radius 1 is 1.38 bits per heavy atom. The normalized spacial score (nSPS) is 10.9. The van der Waals surface area contributed by atoms with Gasteiger partial charge in [-0.05, 0) is 12.1 Å². The number of rotatable bonds is 0. The number of H-pyrrole nitrogens is 1. The Kier molecular flexibility index (Phi) is 2.10. The molecule has 6 heteroatoms. The number of halogens is 3. The lowest BCUT2D eigenvalue weighted by atomic mass is 10.2. The van der Waals surface area contributed by atoms with Crippen molar-refractivity contribution in [2.24, 2.45) is 0 Å². The maximum Gasteiger partial charge on any atom is 0.421 e. The summed E-state index contributed by atoms with van der Waals surface area (Å²) in [5.41, 5.74) is -2.80. The van der Waals surface area contributed by atoms with Gasteiger partial charge >= 0.3 is 6.18 Å². The molecule has 0 amide bonds. The van der Waals surface area contributed by atoms with Gasteiger partial charge in [0.05, 0.1) is 0 Å². The fourth-order valence-electron chi connectivity index (χ4n) is 0.762. The summed E-state index contributed by atoms with van der Waals surface area (Å²) in [7, 11) is 0. The molecule has 1 rings (SSSR count). The van der Waals surface area contributed by atoms with Crippen molar-refractivity contribution >= 4 is 0 Å². The molecule has 0 radical (unpaired) electrons. The Morgan fingerprint density at radius 2 is 2.00 bits per heavy atom. The van der Waals surface area contributed by atoms with Gasteiger partial charge in [-0.1, -0.05) is 0 Å². The van der Waals surface area contributed by atoms with E-state index in [0.717, 1.165) is 6.07 Å². The average molecular weight is 188 g/mol. The summed E-state index contributed by atoms with van der Waals surface area (Å²) in [5.74, 6) is 0. The van der Waals surface area contributed by atoms with Crippen molar-refractivity contribution < 1.29 is 13.2 Å². The molecule has 0 aromatic carbocycles. The lowest BCUT2D eigenvalue weighted by Gasteiger charge is -2.03. The molecule has 0 spiro atoms. The molecule has 13 heavy (non-hydrogen) atoms. The number of hydrogen-bond donors (Lipinski definition) is 1. The van der Waals surface area contributed by atoms with Gasteiger partial charge in [0.15, 0.2) is 0 Å². The third-order valence-electron chi connectivity index (χ3n) is 1.34. The summed E-state index contributed by atoms with van der Waals surface area (Å²) in [6, 6.07) is 3.01. The fraction of sp³-hybridized carbons (Fsp3) is 0.143. The van der Waals surface area contributed by atoms with E-state index in [4.69, 9.17) is 5.26 Å². The second-order valence-electron chi connectivity index (χ2n) is 2.22. The summed E-state index contributed by atoms with van der Waals surface area (Å²) < 4.78 is 35.9. The Balaban J connectivity index is 3.32. The van der Waals surface area contributed by atoms with E-state index in [1.165, 1.54) is 6.07 Å². The summed E-state index contributed by atoms with van der Waals surface area (Å²) in [6.45, 7) is 0. The molecule has 0 aliphatic rings. The van der Waals surface area contributed by atoms with Crippen molar-refractivity contribution in [3.05, 3.63) is 33.7 Å². The van der Waals surface area contributed by atoms with Crippen LogP contribution in [0.4, 0.5) is 13.2 Å². The van der Waals surface area contributed by atoms with Crippen LogP contribution in [-0.2, 0) is 6.18 Å². The average Bonchev–Trinajstić information content (AvgIpc) is 2.01. The second-order valence-corrected chi connectivity index (χ2v) is 2.22. The van der Waals surface area contributed by atoms with Crippen LogP contribution in [0.25, 0.3) is 0 Å². The minimum atomic E-state index is -4.68. The SMILES string of the molecule is N#Cc1ccc(C(F)(F)F)c(=O)[nH]1. The highest BCUT2D eigenvalue weighted by Crippen LogP contribution is 2.25. The highest BCUT2D eigenvalue weighted by Gasteiger charge is 2.33. The lowest BCUT2D eigenvalue weighted by Crippen LogP contribution is -2.21. The minimum absolute atomic E-state index is 0.196. The van der Waals surface area contributed by atoms with Crippen molar-refractivity contribution in [3.63, 3.8) is 0 Å². The van der Waals surface area contributed by atoms with Gasteiger partial charge in [-0.15, -0.1) is 0 Å². The van der Waals surface area contributed by atoms with Crippen LogP contribution in [0.2, 0.25) is 0 Å². The Labute approximate surface area is 70.4 Å². The van der Waals surface area contributed by atoms with Gasteiger partial charge in [-0.3, -0.25) is 4.79 Å². The fourth-order valence-corrected chi connectivity index (χ4v) is 0.762. The Hall–Kier alpha value is -1.77. The molecular formula is C7H3F3N2O. The van der Waals surface area contributed by atoms with Gasteiger partial charge in [-0.2, -0.15) is 18.4 Å². The highest BCUT2D eigenvalue weighted by atomic mass is 19.4. The molecule has 1 heterocycles. The van der Waals surface area contributed by atoms with Crippen molar-refractivity contribution in [1.29, 1.82) is 5.26 Å². The van der Waals surface area contributed by atoms with E-state index in [1.807, 2.05) is 0 Å². The van der Waals surface area contributed by atoms with Crippen molar-refractivity contribution in [1.82, 2.24) is 4.98 Å². The van der Waals surface area contributed by atoms with Crippen LogP contribution in [0.1, 0.15) is 11.3 Å². The lowest BCUT2D eigenvalue weighted by molar-refractivity contribution is -0.138. The number of pyridine rings is 1. The van der Waals surface area contributed by atoms with E-state index in [2.05, 4.69) is 0 Å². The molecule has 0 aliphatic carbocycles. The van der Waals surface area contributed by atoms with Crippen molar-refractivity contribution in [2.45, 2.75) is 6.18 Å². The van der Waals surface area contributed by atoms with E-state index in [9.17, 15) is 18.0 Å². The largest absolute Gasteiger partial charge is 0.421 e. The van der Waals surface area contributed by atoms with E-state index >= 15 is 0 Å². The van der Waals surface area contributed by atoms with Gasteiger partial charge in [0.2, 0.25) is 0 Å². The maximum atomic E-state index is 12.0. The van der Waals surface area contributed by atoms with Crippen molar-refractivity contribution in [2.75, 3.05) is 0 Å². The number of aromatic nitrogens is 1. The van der Waals surface area contributed by atoms with Gasteiger partial charge in [0, 0.05) is 0 Å². The highest BCUT2D eigenvalue weighted by molar-refractivity contribution is 5.24. The molecule has 0 saturated carbocycles. The third-order valence-corrected chi connectivity index (χ3v) is 1.34. The molecule has 1 aromatic heterocycles. The first-order valence-electron chi connectivity index (χ1n) is 3.16. The predicted molar refractivity (Wildman–Crippen MR) is 36.8 cm³/mol. The Morgan fingerprint density at radius 3 is 2.38 bits per heavy atom. The summed E-state index contributed by atoms with van der Waals surface area (Å²) >= 11 is 0. The number of hydrogen-bond acceptors (Lipinski definition) is 2. The topological polar surface area (TPSA) is 56.6 Å². The summed E-state index contributed by atoms with van der Waals surface area (Å²) in [4.78, 5) is 12.5. The first kappa shape index (κ1) is 9.32. The van der Waals surface area contributed by atoms with Crippen LogP contribution in [0, 0.1) is 11.3 Å². The molecule has 0 fully saturated rings. The smallest absolute Gasteiger partial charge is 0.313 e. The van der Waals surface area contributed by atoms with Gasteiger partial charge in [0.1, 0.15) is 17.3 Å². The standard InChI is InChI=1S/C7H3F3N2O/c8-7(9,10)5-2-1-4(3-11)12-6(5)13/h1-2H,(H,12,13). The van der Waals surface area contributed by atoms with Crippen LogP contribution < -0.4 is 5.56 Å². The molecule has 0 unspecified atom stereocenters. The molecular weight excluding hydrogens is 185 g/mol. The summed E-state index contributed by atoms with van der Waals surface area (Å²) in [6.07, 6.45) is -4.68. The van der Waals surface area contributed by atoms with Crippen LogP contribution in [0.3, 0.4) is 0 Å². The van der Waals surface area contributed by atoms with Crippen LogP contribution in [-0.4, -0.2) is 4.98 Å². The van der Waals surface area contributed by atoms with Crippen LogP contribution in [0.5, 0.6) is 0 Å². The number of aromatic amines is 1. The monoisotopic (exact) mass is 188 g/mol. The molecule has 0 saturated heterocycles. The number of alkyl halides is 3. The first-order valence-corrected chi connectivity index (χ1v) is 3.16. The number of nitrogens with one attached hydrogen (secondary N) is 1. The zero-order chi connectivity index (χ0) is 10.1. The molecule has 0 atom stereocenters. The summed E-state index contributed by atoms with van der Waals surface area (Å²) in [5, 5.41) is 8.25. The van der Waals surface area contributed by atoms with Gasteiger partial charge in [0.25, 0.3) is 5.56 Å². The van der Waals surface area contributed by atoms with Gasteiger partial charge in [-0.25, -0.2) is 0 Å². The molecule has 1 N–H and O–H groups in total. The second kappa shape index (κ2) is 2.94. The van der Waals surface area contributed by atoms with Gasteiger partial charge < -0.3 is 4.98 Å².